The Balaban J connectivity index is 2.08. The van der Waals surface area contributed by atoms with E-state index in [-0.39, 0.29) is 5.75 Å². The molecule has 0 atom stereocenters. The molecular formula is C13H10N2OS2. The summed E-state index contributed by atoms with van der Waals surface area (Å²) in [5.41, 5.74) is 2.16. The Morgan fingerprint density at radius 1 is 1.22 bits per heavy atom. The molecule has 1 aromatic carbocycles. The highest BCUT2D eigenvalue weighted by molar-refractivity contribution is 7.99. The molecular weight excluding hydrogens is 264 g/mol. The summed E-state index contributed by atoms with van der Waals surface area (Å²) < 4.78 is 1.07. The van der Waals surface area contributed by atoms with Crippen LogP contribution in [0.25, 0.3) is 10.2 Å². The molecule has 3 nitrogen and oxygen atoms in total. The Morgan fingerprint density at radius 2 is 2.06 bits per heavy atom. The average molecular weight is 274 g/mol. The van der Waals surface area contributed by atoms with Gasteiger partial charge in [0.15, 0.2) is 0 Å². The van der Waals surface area contributed by atoms with Gasteiger partial charge in [0.2, 0.25) is 0 Å². The van der Waals surface area contributed by atoms with Gasteiger partial charge in [-0.1, -0.05) is 23.9 Å². The van der Waals surface area contributed by atoms with Crippen LogP contribution >= 0.6 is 23.1 Å². The van der Waals surface area contributed by atoms with E-state index in [0.29, 0.717) is 0 Å². The molecule has 0 aliphatic rings. The van der Waals surface area contributed by atoms with Crippen molar-refractivity contribution in [2.45, 2.75) is 16.8 Å². The van der Waals surface area contributed by atoms with Crippen LogP contribution in [0.3, 0.4) is 0 Å². The molecule has 0 aliphatic heterocycles. The second-order valence-electron chi connectivity index (χ2n) is 3.85. The molecule has 0 spiro atoms. The fourth-order valence-electron chi connectivity index (χ4n) is 1.67. The Kier molecular flexibility index (Phi) is 2.93. The molecule has 2 heterocycles. The highest BCUT2D eigenvalue weighted by atomic mass is 32.2. The number of fused-ring (bicyclic) bond motifs is 1. The highest BCUT2D eigenvalue weighted by Crippen LogP contribution is 2.38. The van der Waals surface area contributed by atoms with Gasteiger partial charge in [-0.2, -0.15) is 0 Å². The van der Waals surface area contributed by atoms with Crippen molar-refractivity contribution >= 4 is 33.3 Å². The number of phenolic OH excluding ortho intramolecular Hbond substituents is 1. The van der Waals surface area contributed by atoms with Crippen LogP contribution in [0, 0.1) is 6.92 Å². The summed E-state index contributed by atoms with van der Waals surface area (Å²) in [5, 5.41) is 12.8. The zero-order valence-electron chi connectivity index (χ0n) is 9.62. The average Bonchev–Trinajstić information content (AvgIpc) is 2.76. The van der Waals surface area contributed by atoms with E-state index in [1.54, 1.807) is 23.7 Å². The summed E-state index contributed by atoms with van der Waals surface area (Å²) in [5.74, 6) is 0.280. The molecule has 5 heteroatoms. The number of rotatable bonds is 2. The molecule has 2 aromatic heterocycles. The van der Waals surface area contributed by atoms with Gasteiger partial charge in [0, 0.05) is 0 Å². The van der Waals surface area contributed by atoms with Crippen molar-refractivity contribution in [2.75, 3.05) is 0 Å². The monoisotopic (exact) mass is 274 g/mol. The second-order valence-corrected chi connectivity index (χ2v) is 5.76. The summed E-state index contributed by atoms with van der Waals surface area (Å²) in [6.07, 6.45) is 1.57. The fourth-order valence-corrected chi connectivity index (χ4v) is 3.64. The topological polar surface area (TPSA) is 46.0 Å². The molecule has 0 aliphatic carbocycles. The Labute approximate surface area is 113 Å². The minimum atomic E-state index is 0.280. The van der Waals surface area contributed by atoms with E-state index in [1.165, 1.54) is 11.8 Å². The van der Waals surface area contributed by atoms with Crippen LogP contribution in [-0.4, -0.2) is 15.1 Å². The van der Waals surface area contributed by atoms with E-state index < -0.39 is 0 Å². The standard InChI is InChI=1S/C13H10N2OS2/c1-8-6-17-12-11(8)14-7-15-13(12)18-10-5-3-2-4-9(10)16/h2-7,16H,1H3. The first-order valence-corrected chi connectivity index (χ1v) is 7.10. The lowest BCUT2D eigenvalue weighted by Gasteiger charge is -2.03. The number of hydrogen-bond acceptors (Lipinski definition) is 5. The number of thiophene rings is 1. The predicted octanol–water partition coefficient (Wildman–Crippen LogP) is 3.86. The zero-order valence-corrected chi connectivity index (χ0v) is 11.3. The van der Waals surface area contributed by atoms with Crippen LogP contribution in [0.2, 0.25) is 0 Å². The fraction of sp³-hybridized carbons (Fsp3) is 0.0769. The van der Waals surface area contributed by atoms with Crippen LogP contribution in [0.4, 0.5) is 0 Å². The summed E-state index contributed by atoms with van der Waals surface area (Å²) in [6, 6.07) is 7.28. The van der Waals surface area contributed by atoms with Crippen LogP contribution in [0.15, 0.2) is 45.9 Å². The first-order valence-electron chi connectivity index (χ1n) is 5.40. The molecule has 18 heavy (non-hydrogen) atoms. The lowest BCUT2D eigenvalue weighted by atomic mass is 10.3. The van der Waals surface area contributed by atoms with Gasteiger partial charge in [-0.25, -0.2) is 9.97 Å². The summed E-state index contributed by atoms with van der Waals surface area (Å²) in [4.78, 5) is 9.41. The predicted molar refractivity (Wildman–Crippen MR) is 74.4 cm³/mol. The van der Waals surface area contributed by atoms with Crippen molar-refractivity contribution in [3.8, 4) is 5.75 Å². The molecule has 0 saturated heterocycles. The molecule has 0 radical (unpaired) electrons. The van der Waals surface area contributed by atoms with Gasteiger partial charge in [0.1, 0.15) is 17.1 Å². The third kappa shape index (κ3) is 1.95. The van der Waals surface area contributed by atoms with Gasteiger partial charge < -0.3 is 5.11 Å². The molecule has 3 aromatic rings. The third-order valence-electron chi connectivity index (χ3n) is 2.57. The van der Waals surface area contributed by atoms with Gasteiger partial charge >= 0.3 is 0 Å². The summed E-state index contributed by atoms with van der Waals surface area (Å²) >= 11 is 3.10. The first kappa shape index (κ1) is 11.5. The highest BCUT2D eigenvalue weighted by Gasteiger charge is 2.11. The number of benzene rings is 1. The van der Waals surface area contributed by atoms with Gasteiger partial charge in [-0.3, -0.25) is 0 Å². The van der Waals surface area contributed by atoms with Gasteiger partial charge in [0.25, 0.3) is 0 Å². The van der Waals surface area contributed by atoms with Crippen molar-refractivity contribution < 1.29 is 5.11 Å². The van der Waals surface area contributed by atoms with E-state index in [0.717, 1.165) is 25.7 Å². The summed E-state index contributed by atoms with van der Waals surface area (Å²) in [6.45, 7) is 2.04. The Bertz CT molecular complexity index is 709. The van der Waals surface area contributed by atoms with Crippen molar-refractivity contribution in [3.05, 3.63) is 41.5 Å². The van der Waals surface area contributed by atoms with Crippen molar-refractivity contribution in [3.63, 3.8) is 0 Å². The molecule has 0 saturated carbocycles. The van der Waals surface area contributed by atoms with Crippen molar-refractivity contribution in [1.29, 1.82) is 0 Å². The quantitative estimate of drug-likeness (QED) is 0.721. The van der Waals surface area contributed by atoms with Crippen LogP contribution in [0.5, 0.6) is 5.75 Å². The zero-order chi connectivity index (χ0) is 12.5. The smallest absolute Gasteiger partial charge is 0.129 e. The van der Waals surface area contributed by atoms with E-state index in [9.17, 15) is 5.11 Å². The maximum Gasteiger partial charge on any atom is 0.129 e. The maximum absolute atomic E-state index is 9.79. The number of aromatic nitrogens is 2. The minimum absolute atomic E-state index is 0.280. The first-order chi connectivity index (χ1) is 8.75. The molecule has 0 bridgehead atoms. The number of nitrogens with zero attached hydrogens (tertiary/aromatic N) is 2. The largest absolute Gasteiger partial charge is 0.507 e. The van der Waals surface area contributed by atoms with E-state index >= 15 is 0 Å². The lowest BCUT2D eigenvalue weighted by molar-refractivity contribution is 0.462. The second kappa shape index (κ2) is 4.59. The number of phenols is 1. The van der Waals surface area contributed by atoms with Crippen LogP contribution in [0.1, 0.15) is 5.56 Å². The Morgan fingerprint density at radius 3 is 2.89 bits per heavy atom. The Hall–Kier alpha value is -1.59. The van der Waals surface area contributed by atoms with Crippen LogP contribution < -0.4 is 0 Å². The van der Waals surface area contributed by atoms with Gasteiger partial charge in [-0.05, 0) is 30.0 Å². The molecule has 3 rings (SSSR count). The van der Waals surface area contributed by atoms with E-state index in [1.807, 2.05) is 25.1 Å². The van der Waals surface area contributed by atoms with E-state index in [2.05, 4.69) is 15.3 Å². The van der Waals surface area contributed by atoms with Crippen LogP contribution in [-0.2, 0) is 0 Å². The molecule has 0 amide bonds. The number of aromatic hydroxyl groups is 1. The number of para-hydroxylation sites is 1. The lowest BCUT2D eigenvalue weighted by Crippen LogP contribution is -1.84. The molecule has 90 valence electrons. The number of hydrogen-bond donors (Lipinski definition) is 1. The molecule has 0 unspecified atom stereocenters. The van der Waals surface area contributed by atoms with Crippen molar-refractivity contribution in [1.82, 2.24) is 9.97 Å². The third-order valence-corrected chi connectivity index (χ3v) is 4.86. The normalized spacial score (nSPS) is 10.9. The van der Waals surface area contributed by atoms with E-state index in [4.69, 9.17) is 0 Å². The van der Waals surface area contributed by atoms with Gasteiger partial charge in [0.05, 0.1) is 15.1 Å². The SMILES string of the molecule is Cc1csc2c(Sc3ccccc3O)ncnc12. The minimum Gasteiger partial charge on any atom is -0.507 e. The van der Waals surface area contributed by atoms with Gasteiger partial charge in [-0.15, -0.1) is 11.3 Å². The molecule has 0 fully saturated rings. The maximum atomic E-state index is 9.79. The molecule has 1 N–H and O–H groups in total. The van der Waals surface area contributed by atoms with Crippen molar-refractivity contribution in [2.24, 2.45) is 0 Å². The number of aryl methyl sites for hydroxylation is 1. The summed E-state index contributed by atoms with van der Waals surface area (Å²) in [7, 11) is 0.